The number of nitrogen functional groups attached to an aromatic ring is 1. The molecule has 1 heterocycles. The predicted octanol–water partition coefficient (Wildman–Crippen LogP) is -0.471. The largest absolute Gasteiger partial charge is 0.398 e. The number of halogens is 1. The van der Waals surface area contributed by atoms with E-state index in [-0.39, 0.29) is 24.1 Å². The summed E-state index contributed by atoms with van der Waals surface area (Å²) in [5.74, 6) is 3.11. The molecule has 0 bridgehead atoms. The molecule has 7 nitrogen and oxygen atoms in total. The number of rotatable bonds is 2. The fraction of sp³-hybridized carbons (Fsp3) is 0.250. The maximum Gasteiger partial charge on any atom is 0.270 e. The van der Waals surface area contributed by atoms with Crippen molar-refractivity contribution < 1.29 is 18.8 Å². The average molecular weight is 280 g/mol. The Morgan fingerprint density at radius 1 is 1.40 bits per heavy atom. The Labute approximate surface area is 113 Å². The van der Waals surface area contributed by atoms with E-state index in [1.54, 1.807) is 0 Å². The van der Waals surface area contributed by atoms with Gasteiger partial charge in [0.05, 0.1) is 5.56 Å². The third kappa shape index (κ3) is 2.59. The molecule has 0 aliphatic carbocycles. The molecular weight excluding hydrogens is 267 g/mol. The highest BCUT2D eigenvalue weighted by Gasteiger charge is 2.33. The maximum atomic E-state index is 13.2. The molecule has 3 amide bonds. The van der Waals surface area contributed by atoms with Gasteiger partial charge in [-0.3, -0.25) is 24.7 Å². The summed E-state index contributed by atoms with van der Waals surface area (Å²) in [6, 6.07) is 2.31. The molecule has 1 fully saturated rings. The maximum absolute atomic E-state index is 13.2. The zero-order valence-electron chi connectivity index (χ0n) is 10.4. The molecule has 1 unspecified atom stereocenters. The number of piperidine rings is 1. The SMILES string of the molecule is Nc1ccc(F)cc1C(=O)N(N)C1CCC(=O)NC1=O. The minimum Gasteiger partial charge on any atom is -0.398 e. The first-order valence-electron chi connectivity index (χ1n) is 5.87. The van der Waals surface area contributed by atoms with Crippen molar-refractivity contribution in [1.29, 1.82) is 0 Å². The first-order valence-corrected chi connectivity index (χ1v) is 5.87. The lowest BCUT2D eigenvalue weighted by atomic mass is 10.0. The number of anilines is 1. The Kier molecular flexibility index (Phi) is 3.66. The number of hydrogen-bond acceptors (Lipinski definition) is 5. The fourth-order valence-corrected chi connectivity index (χ4v) is 1.94. The van der Waals surface area contributed by atoms with E-state index in [2.05, 4.69) is 5.32 Å². The molecule has 1 aromatic rings. The molecule has 1 aliphatic heterocycles. The van der Waals surface area contributed by atoms with Crippen molar-refractivity contribution in [2.24, 2.45) is 5.84 Å². The van der Waals surface area contributed by atoms with Gasteiger partial charge in [0.15, 0.2) is 0 Å². The number of hydrogen-bond donors (Lipinski definition) is 3. The first kappa shape index (κ1) is 13.9. The summed E-state index contributed by atoms with van der Waals surface area (Å²) in [5, 5.41) is 2.76. The van der Waals surface area contributed by atoms with Crippen molar-refractivity contribution in [2.75, 3.05) is 5.73 Å². The molecule has 0 radical (unpaired) electrons. The molecule has 1 aromatic carbocycles. The second kappa shape index (κ2) is 5.25. The van der Waals surface area contributed by atoms with E-state index in [9.17, 15) is 18.8 Å². The third-order valence-corrected chi connectivity index (χ3v) is 3.03. The quantitative estimate of drug-likeness (QED) is 0.222. The number of carbonyl (C=O) groups is 3. The summed E-state index contributed by atoms with van der Waals surface area (Å²) >= 11 is 0. The van der Waals surface area contributed by atoms with Gasteiger partial charge in [-0.15, -0.1) is 0 Å². The van der Waals surface area contributed by atoms with Gasteiger partial charge in [-0.2, -0.15) is 0 Å². The minimum absolute atomic E-state index is 0.0548. The van der Waals surface area contributed by atoms with Crippen LogP contribution >= 0.6 is 0 Å². The number of imide groups is 1. The van der Waals surface area contributed by atoms with Crippen molar-refractivity contribution in [3.05, 3.63) is 29.6 Å². The van der Waals surface area contributed by atoms with Crippen LogP contribution in [0.4, 0.5) is 10.1 Å². The van der Waals surface area contributed by atoms with Crippen LogP contribution < -0.4 is 16.9 Å². The van der Waals surface area contributed by atoms with Gasteiger partial charge in [0.25, 0.3) is 11.8 Å². The van der Waals surface area contributed by atoms with E-state index < -0.39 is 29.6 Å². The lowest BCUT2D eigenvalue weighted by Crippen LogP contribution is -2.57. The Bertz CT molecular complexity index is 590. The Hall–Kier alpha value is -2.48. The zero-order valence-corrected chi connectivity index (χ0v) is 10.4. The van der Waals surface area contributed by atoms with Gasteiger partial charge in [0.1, 0.15) is 11.9 Å². The number of amides is 3. The topological polar surface area (TPSA) is 119 Å². The molecule has 0 spiro atoms. The van der Waals surface area contributed by atoms with Crippen molar-refractivity contribution in [2.45, 2.75) is 18.9 Å². The van der Waals surface area contributed by atoms with Crippen LogP contribution in [0.3, 0.4) is 0 Å². The van der Waals surface area contributed by atoms with Gasteiger partial charge in [-0.1, -0.05) is 0 Å². The number of hydrazine groups is 1. The predicted molar refractivity (Wildman–Crippen MR) is 67.3 cm³/mol. The van der Waals surface area contributed by atoms with E-state index in [4.69, 9.17) is 11.6 Å². The lowest BCUT2D eigenvalue weighted by Gasteiger charge is -2.29. The van der Waals surface area contributed by atoms with Crippen molar-refractivity contribution in [1.82, 2.24) is 10.3 Å². The Morgan fingerprint density at radius 2 is 2.10 bits per heavy atom. The molecule has 8 heteroatoms. The van der Waals surface area contributed by atoms with Crippen LogP contribution in [0.5, 0.6) is 0 Å². The smallest absolute Gasteiger partial charge is 0.270 e. The zero-order chi connectivity index (χ0) is 14.9. The molecule has 0 saturated carbocycles. The number of nitrogens with one attached hydrogen (secondary N) is 1. The summed E-state index contributed by atoms with van der Waals surface area (Å²) in [7, 11) is 0. The van der Waals surface area contributed by atoms with E-state index in [0.717, 1.165) is 12.1 Å². The number of carbonyl (C=O) groups excluding carboxylic acids is 3. The van der Waals surface area contributed by atoms with Gasteiger partial charge in [0.2, 0.25) is 5.91 Å². The molecule has 0 aromatic heterocycles. The van der Waals surface area contributed by atoms with E-state index in [1.807, 2.05) is 0 Å². The molecule has 106 valence electrons. The van der Waals surface area contributed by atoms with Gasteiger partial charge < -0.3 is 5.73 Å². The summed E-state index contributed by atoms with van der Waals surface area (Å²) in [4.78, 5) is 34.8. The monoisotopic (exact) mass is 280 g/mol. The van der Waals surface area contributed by atoms with E-state index >= 15 is 0 Å². The van der Waals surface area contributed by atoms with Crippen molar-refractivity contribution >= 4 is 23.4 Å². The summed E-state index contributed by atoms with van der Waals surface area (Å²) in [6.07, 6.45) is 0.193. The van der Waals surface area contributed by atoms with Crippen LogP contribution in [-0.4, -0.2) is 28.8 Å². The second-order valence-corrected chi connectivity index (χ2v) is 4.41. The molecule has 1 aliphatic rings. The highest BCUT2D eigenvalue weighted by Crippen LogP contribution is 2.18. The number of benzene rings is 1. The van der Waals surface area contributed by atoms with Crippen LogP contribution in [0.2, 0.25) is 0 Å². The van der Waals surface area contributed by atoms with Gasteiger partial charge in [-0.05, 0) is 24.6 Å². The average Bonchev–Trinajstić information content (AvgIpc) is 2.40. The Morgan fingerprint density at radius 3 is 2.75 bits per heavy atom. The van der Waals surface area contributed by atoms with Crippen molar-refractivity contribution in [3.8, 4) is 0 Å². The summed E-state index contributed by atoms with van der Waals surface area (Å²) in [6.45, 7) is 0. The normalized spacial score (nSPS) is 18.6. The molecule has 5 N–H and O–H groups in total. The van der Waals surface area contributed by atoms with Gasteiger partial charge in [0, 0.05) is 12.1 Å². The minimum atomic E-state index is -0.983. The third-order valence-electron chi connectivity index (χ3n) is 3.03. The van der Waals surface area contributed by atoms with Crippen molar-refractivity contribution in [3.63, 3.8) is 0 Å². The van der Waals surface area contributed by atoms with Gasteiger partial charge in [-0.25, -0.2) is 10.2 Å². The lowest BCUT2D eigenvalue weighted by molar-refractivity contribution is -0.136. The number of nitrogens with two attached hydrogens (primary N) is 2. The summed E-state index contributed by atoms with van der Waals surface area (Å²) < 4.78 is 13.2. The number of nitrogens with zero attached hydrogens (tertiary/aromatic N) is 1. The van der Waals surface area contributed by atoms with Crippen LogP contribution in [0, 0.1) is 5.82 Å². The molecule has 20 heavy (non-hydrogen) atoms. The fourth-order valence-electron chi connectivity index (χ4n) is 1.94. The highest BCUT2D eigenvalue weighted by molar-refractivity contribution is 6.05. The summed E-state index contributed by atoms with van der Waals surface area (Å²) in [5.41, 5.74) is 5.52. The molecular formula is C12H13FN4O3. The van der Waals surface area contributed by atoms with Crippen LogP contribution in [0.15, 0.2) is 18.2 Å². The highest BCUT2D eigenvalue weighted by atomic mass is 19.1. The van der Waals surface area contributed by atoms with Gasteiger partial charge >= 0.3 is 0 Å². The van der Waals surface area contributed by atoms with Crippen LogP contribution in [0.1, 0.15) is 23.2 Å². The molecule has 1 saturated heterocycles. The first-order chi connectivity index (χ1) is 9.40. The Balaban J connectivity index is 2.22. The van der Waals surface area contributed by atoms with Crippen LogP contribution in [-0.2, 0) is 9.59 Å². The second-order valence-electron chi connectivity index (χ2n) is 4.41. The molecule has 2 rings (SSSR count). The van der Waals surface area contributed by atoms with E-state index in [1.165, 1.54) is 6.07 Å². The van der Waals surface area contributed by atoms with Crippen LogP contribution in [0.25, 0.3) is 0 Å². The van der Waals surface area contributed by atoms with E-state index in [0.29, 0.717) is 5.01 Å². The standard InChI is InChI=1S/C12H13FN4O3/c13-6-1-2-8(14)7(5-6)12(20)17(15)9-3-4-10(18)16-11(9)19/h1-2,5,9H,3-4,14-15H2,(H,16,18,19). The molecule has 1 atom stereocenters.